The minimum absolute atomic E-state index is 0.744. The average molecular weight is 524 g/mol. The molecule has 5 aromatic heterocycles. The van der Waals surface area contributed by atoms with Crippen molar-refractivity contribution in [3.8, 4) is 16.8 Å². The smallest absolute Gasteiger partial charge is 0.178 e. The van der Waals surface area contributed by atoms with Gasteiger partial charge in [0.25, 0.3) is 0 Å². The molecule has 0 N–H and O–H groups in total. The Bertz CT molecular complexity index is 2550. The highest BCUT2D eigenvalue weighted by molar-refractivity contribution is 6.22. The molecule has 5 heterocycles. The van der Waals surface area contributed by atoms with Gasteiger partial charge in [-0.15, -0.1) is 0 Å². The summed E-state index contributed by atoms with van der Waals surface area (Å²) in [5, 5.41) is 4.73. The lowest BCUT2D eigenvalue weighted by Crippen LogP contribution is -1.95. The van der Waals surface area contributed by atoms with Crippen LogP contribution in [0.5, 0.6) is 0 Å². The van der Waals surface area contributed by atoms with Crippen LogP contribution in [0.1, 0.15) is 11.1 Å². The summed E-state index contributed by atoms with van der Waals surface area (Å²) in [6.07, 6.45) is 4.62. The Hall–Kier alpha value is -5.55. The van der Waals surface area contributed by atoms with E-state index in [4.69, 9.17) is 9.97 Å². The number of pyridine rings is 3. The molecule has 0 aliphatic heterocycles. The average Bonchev–Trinajstić information content (AvgIpc) is 3.70. The zero-order valence-electron chi connectivity index (χ0n) is 21.9. The first-order chi connectivity index (χ1) is 20.3. The van der Waals surface area contributed by atoms with Crippen LogP contribution in [0.3, 0.4) is 0 Å². The third-order valence-electron chi connectivity index (χ3n) is 8.82. The van der Waals surface area contributed by atoms with Gasteiger partial charge in [-0.05, 0) is 83.3 Å². The van der Waals surface area contributed by atoms with Gasteiger partial charge in [0.2, 0.25) is 0 Å². The van der Waals surface area contributed by atoms with Crippen LogP contribution in [0, 0.1) is 0 Å². The summed E-state index contributed by atoms with van der Waals surface area (Å²) in [6.45, 7) is 0. The van der Waals surface area contributed by atoms with Gasteiger partial charge in [-0.25, -0.2) is 9.97 Å². The zero-order chi connectivity index (χ0) is 26.7. The standard InChI is InChI=1S/C36H21N5/c1-2-9-22(10-3-1)40-29-15-14-24-23-11-5-4-8-21(23)18-25(24)33(29)28-19-27-26(20-32(28)40)34-30(12-6-16-37-34)41-31-13-7-17-38-35(31)39-36(27)41/h1-17,19-20H,18H2. The molecule has 0 unspecified atom stereocenters. The SMILES string of the molecule is c1ccc(-n2c3cc4c(cc3c3c5c(ccc32)-c2ccccc2C5)c2nc3ncccc3n2c2cccnc42)cc1. The van der Waals surface area contributed by atoms with E-state index < -0.39 is 0 Å². The number of rotatable bonds is 1. The number of para-hydroxylation sites is 1. The zero-order valence-corrected chi connectivity index (χ0v) is 21.9. The van der Waals surface area contributed by atoms with Crippen LogP contribution in [0.25, 0.3) is 77.2 Å². The molecule has 1 aliphatic carbocycles. The Labute approximate surface area is 234 Å². The first-order valence-electron chi connectivity index (χ1n) is 13.9. The number of benzene rings is 4. The first kappa shape index (κ1) is 21.3. The maximum absolute atomic E-state index is 5.07. The van der Waals surface area contributed by atoms with E-state index in [1.54, 1.807) is 0 Å². The van der Waals surface area contributed by atoms with E-state index in [1.807, 2.05) is 24.5 Å². The number of fused-ring (bicyclic) bond motifs is 15. The van der Waals surface area contributed by atoms with Gasteiger partial charge in [0.1, 0.15) is 5.65 Å². The van der Waals surface area contributed by atoms with E-state index in [0.717, 1.165) is 50.7 Å². The molecule has 0 saturated heterocycles. The predicted molar refractivity (Wildman–Crippen MR) is 166 cm³/mol. The molecule has 4 aromatic carbocycles. The van der Waals surface area contributed by atoms with Gasteiger partial charge < -0.3 is 4.57 Å². The van der Waals surface area contributed by atoms with Crippen molar-refractivity contribution < 1.29 is 0 Å². The van der Waals surface area contributed by atoms with Crippen molar-refractivity contribution in [2.75, 3.05) is 0 Å². The topological polar surface area (TPSA) is 48.0 Å². The molecular formula is C36H21N5. The van der Waals surface area contributed by atoms with Crippen molar-refractivity contribution in [3.63, 3.8) is 0 Å². The van der Waals surface area contributed by atoms with Gasteiger partial charge in [0, 0.05) is 39.6 Å². The quantitative estimate of drug-likeness (QED) is 0.204. The van der Waals surface area contributed by atoms with Crippen molar-refractivity contribution in [2.45, 2.75) is 6.42 Å². The van der Waals surface area contributed by atoms with Crippen LogP contribution in [0.4, 0.5) is 0 Å². The lowest BCUT2D eigenvalue weighted by Gasteiger charge is -2.11. The van der Waals surface area contributed by atoms with Crippen LogP contribution >= 0.6 is 0 Å². The molecule has 10 rings (SSSR count). The number of aromatic nitrogens is 5. The first-order valence-corrected chi connectivity index (χ1v) is 13.9. The normalized spacial score (nSPS) is 12.8. The Morgan fingerprint density at radius 3 is 2.34 bits per heavy atom. The third-order valence-corrected chi connectivity index (χ3v) is 8.82. The second-order valence-corrected chi connectivity index (χ2v) is 10.9. The third kappa shape index (κ3) is 2.68. The molecule has 0 radical (unpaired) electrons. The second kappa shape index (κ2) is 7.55. The van der Waals surface area contributed by atoms with Crippen molar-refractivity contribution in [1.29, 1.82) is 0 Å². The molecule has 9 aromatic rings. The summed E-state index contributed by atoms with van der Waals surface area (Å²) in [5.74, 6) is 0. The van der Waals surface area contributed by atoms with E-state index in [-0.39, 0.29) is 0 Å². The molecule has 0 bridgehead atoms. The van der Waals surface area contributed by atoms with Crippen LogP contribution in [0.2, 0.25) is 0 Å². The van der Waals surface area contributed by atoms with Gasteiger partial charge in [-0.1, -0.05) is 48.5 Å². The maximum Gasteiger partial charge on any atom is 0.178 e. The van der Waals surface area contributed by atoms with Gasteiger partial charge >= 0.3 is 0 Å². The van der Waals surface area contributed by atoms with Crippen molar-refractivity contribution in [1.82, 2.24) is 23.9 Å². The summed E-state index contributed by atoms with van der Waals surface area (Å²) in [7, 11) is 0. The van der Waals surface area contributed by atoms with E-state index in [1.165, 1.54) is 44.1 Å². The number of hydrogen-bond acceptors (Lipinski definition) is 3. The molecule has 0 amide bonds. The largest absolute Gasteiger partial charge is 0.309 e. The molecule has 0 atom stereocenters. The van der Waals surface area contributed by atoms with E-state index in [9.17, 15) is 0 Å². The molecule has 1 aliphatic rings. The summed E-state index contributed by atoms with van der Waals surface area (Å²) in [6, 6.07) is 37.0. The minimum atomic E-state index is 0.744. The van der Waals surface area contributed by atoms with E-state index >= 15 is 0 Å². The molecule has 0 saturated carbocycles. The summed E-state index contributed by atoms with van der Waals surface area (Å²) in [5.41, 5.74) is 13.6. The summed E-state index contributed by atoms with van der Waals surface area (Å²) >= 11 is 0. The number of imidazole rings is 1. The summed E-state index contributed by atoms with van der Waals surface area (Å²) in [4.78, 5) is 14.6. The molecule has 5 nitrogen and oxygen atoms in total. The van der Waals surface area contributed by atoms with Gasteiger partial charge in [0.15, 0.2) is 5.65 Å². The second-order valence-electron chi connectivity index (χ2n) is 10.9. The van der Waals surface area contributed by atoms with Crippen LogP contribution in [0.15, 0.2) is 116 Å². The van der Waals surface area contributed by atoms with Crippen molar-refractivity contribution in [2.24, 2.45) is 0 Å². The fourth-order valence-corrected chi connectivity index (χ4v) is 7.15. The van der Waals surface area contributed by atoms with Crippen molar-refractivity contribution in [3.05, 3.63) is 127 Å². The van der Waals surface area contributed by atoms with Crippen LogP contribution in [-0.4, -0.2) is 23.9 Å². The molecule has 0 fully saturated rings. The fourth-order valence-electron chi connectivity index (χ4n) is 7.15. The van der Waals surface area contributed by atoms with Gasteiger partial charge in [-0.3, -0.25) is 9.38 Å². The highest BCUT2D eigenvalue weighted by Gasteiger charge is 2.25. The Morgan fingerprint density at radius 1 is 0.585 bits per heavy atom. The number of nitrogens with zero attached hydrogens (tertiary/aromatic N) is 5. The Morgan fingerprint density at radius 2 is 1.41 bits per heavy atom. The van der Waals surface area contributed by atoms with Crippen molar-refractivity contribution >= 4 is 60.4 Å². The van der Waals surface area contributed by atoms with Crippen LogP contribution < -0.4 is 0 Å². The molecule has 0 spiro atoms. The Kier molecular flexibility index (Phi) is 3.92. The Balaban J connectivity index is 1.45. The molecular weight excluding hydrogens is 502 g/mol. The molecule has 41 heavy (non-hydrogen) atoms. The monoisotopic (exact) mass is 523 g/mol. The maximum atomic E-state index is 5.07. The van der Waals surface area contributed by atoms with Crippen LogP contribution in [-0.2, 0) is 6.42 Å². The fraction of sp³-hybridized carbons (Fsp3) is 0.0278. The predicted octanol–water partition coefficient (Wildman–Crippen LogP) is 8.25. The van der Waals surface area contributed by atoms with E-state index in [0.29, 0.717) is 0 Å². The molecule has 190 valence electrons. The highest BCUT2D eigenvalue weighted by Crippen LogP contribution is 2.46. The van der Waals surface area contributed by atoms with Gasteiger partial charge in [-0.2, -0.15) is 0 Å². The van der Waals surface area contributed by atoms with Gasteiger partial charge in [0.05, 0.1) is 27.6 Å². The number of hydrogen-bond donors (Lipinski definition) is 0. The summed E-state index contributed by atoms with van der Waals surface area (Å²) < 4.78 is 4.63. The lowest BCUT2D eigenvalue weighted by molar-refractivity contribution is 1.18. The molecule has 5 heteroatoms. The highest BCUT2D eigenvalue weighted by atomic mass is 15.1. The minimum Gasteiger partial charge on any atom is -0.309 e. The van der Waals surface area contributed by atoms with E-state index in [2.05, 4.69) is 105 Å². The lowest BCUT2D eigenvalue weighted by atomic mass is 9.99.